The predicted molar refractivity (Wildman–Crippen MR) is 90.9 cm³/mol. The third-order valence-electron chi connectivity index (χ3n) is 4.61. The van der Waals surface area contributed by atoms with Gasteiger partial charge in [-0.05, 0) is 37.0 Å². The number of aryl methyl sites for hydroxylation is 1. The van der Waals surface area contributed by atoms with Crippen LogP contribution in [0.25, 0.3) is 0 Å². The van der Waals surface area contributed by atoms with Crippen molar-refractivity contribution < 1.29 is 9.90 Å². The van der Waals surface area contributed by atoms with Gasteiger partial charge in [-0.25, -0.2) is 4.79 Å². The van der Waals surface area contributed by atoms with Crippen molar-refractivity contribution in [1.82, 2.24) is 20.1 Å². The van der Waals surface area contributed by atoms with E-state index in [1.54, 1.807) is 12.1 Å². The molecule has 1 atom stereocenters. The summed E-state index contributed by atoms with van der Waals surface area (Å²) in [5.41, 5.74) is 1.38. The molecule has 2 aromatic rings. The molecule has 1 aromatic carbocycles. The summed E-state index contributed by atoms with van der Waals surface area (Å²) < 4.78 is 2.28. The van der Waals surface area contributed by atoms with Crippen LogP contribution in [0.1, 0.15) is 66.2 Å². The van der Waals surface area contributed by atoms with Crippen LogP contribution in [0, 0.1) is 0 Å². The van der Waals surface area contributed by atoms with Crippen molar-refractivity contribution in [2.24, 2.45) is 0 Å². The lowest BCUT2D eigenvalue weighted by molar-refractivity contribution is 0.0697. The average Bonchev–Trinajstić information content (AvgIpc) is 2.84. The molecule has 0 bridgehead atoms. The first-order valence-corrected chi connectivity index (χ1v) is 8.66. The summed E-state index contributed by atoms with van der Waals surface area (Å²) in [4.78, 5) is 10.9. The normalized spacial score (nSPS) is 15.5. The lowest BCUT2D eigenvalue weighted by Crippen LogP contribution is -2.24. The van der Waals surface area contributed by atoms with Crippen molar-refractivity contribution in [2.75, 3.05) is 0 Å². The van der Waals surface area contributed by atoms with E-state index < -0.39 is 5.97 Å². The molecule has 1 aromatic heterocycles. The molecule has 2 heterocycles. The third kappa shape index (κ3) is 3.64. The highest BCUT2D eigenvalue weighted by molar-refractivity contribution is 5.87. The van der Waals surface area contributed by atoms with Gasteiger partial charge in [0.1, 0.15) is 11.6 Å². The van der Waals surface area contributed by atoms with E-state index in [0.29, 0.717) is 12.1 Å². The summed E-state index contributed by atoms with van der Waals surface area (Å²) in [5.74, 6) is 1.23. The van der Waals surface area contributed by atoms with E-state index >= 15 is 0 Å². The average molecular weight is 328 g/mol. The van der Waals surface area contributed by atoms with Crippen LogP contribution in [0.4, 0.5) is 0 Å². The third-order valence-corrected chi connectivity index (χ3v) is 4.61. The lowest BCUT2D eigenvalue weighted by Gasteiger charge is -2.18. The topological polar surface area (TPSA) is 80.0 Å². The van der Waals surface area contributed by atoms with Crippen molar-refractivity contribution >= 4 is 5.97 Å². The van der Waals surface area contributed by atoms with Crippen LogP contribution in [0.3, 0.4) is 0 Å². The Labute approximate surface area is 141 Å². The lowest BCUT2D eigenvalue weighted by atomic mass is 10.1. The van der Waals surface area contributed by atoms with Gasteiger partial charge < -0.3 is 15.0 Å². The monoisotopic (exact) mass is 328 g/mol. The number of aromatic nitrogens is 3. The SMILES string of the molecule is CCC(NCc1ccc(C(=O)O)cc1)c1nnc2n1CCCCC2. The number of nitrogens with zero attached hydrogens (tertiary/aromatic N) is 3. The molecule has 1 aliphatic rings. The summed E-state index contributed by atoms with van der Waals surface area (Å²) in [6.07, 6.45) is 5.58. The molecule has 0 radical (unpaired) electrons. The maximum absolute atomic E-state index is 10.9. The second-order valence-electron chi connectivity index (χ2n) is 6.28. The molecule has 128 valence electrons. The second kappa shape index (κ2) is 7.57. The Bertz CT molecular complexity index is 694. The van der Waals surface area contributed by atoms with Crippen LogP contribution in [0.2, 0.25) is 0 Å². The van der Waals surface area contributed by atoms with Crippen LogP contribution in [-0.4, -0.2) is 25.8 Å². The molecule has 0 amide bonds. The number of hydrogen-bond acceptors (Lipinski definition) is 4. The first-order chi connectivity index (χ1) is 11.7. The highest BCUT2D eigenvalue weighted by atomic mass is 16.4. The fourth-order valence-corrected chi connectivity index (χ4v) is 3.19. The minimum Gasteiger partial charge on any atom is -0.478 e. The van der Waals surface area contributed by atoms with Crippen molar-refractivity contribution in [1.29, 1.82) is 0 Å². The molecule has 0 aliphatic carbocycles. The molecule has 1 unspecified atom stereocenters. The van der Waals surface area contributed by atoms with Gasteiger partial charge >= 0.3 is 5.97 Å². The van der Waals surface area contributed by atoms with Gasteiger partial charge in [0, 0.05) is 19.5 Å². The standard InChI is InChI=1S/C18H24N4O2/c1-2-15(17-21-20-16-6-4-3-5-11-22(16)17)19-12-13-7-9-14(10-8-13)18(23)24/h7-10,15,19H,2-6,11-12H2,1H3,(H,23,24). The molecule has 6 nitrogen and oxygen atoms in total. The van der Waals surface area contributed by atoms with E-state index in [9.17, 15) is 4.79 Å². The summed E-state index contributed by atoms with van der Waals surface area (Å²) in [6, 6.07) is 7.15. The Morgan fingerprint density at radius 1 is 1.25 bits per heavy atom. The van der Waals surface area contributed by atoms with Gasteiger partial charge in [0.2, 0.25) is 0 Å². The number of aromatic carboxylic acids is 1. The fraction of sp³-hybridized carbons (Fsp3) is 0.500. The Balaban J connectivity index is 1.69. The molecule has 24 heavy (non-hydrogen) atoms. The smallest absolute Gasteiger partial charge is 0.335 e. The summed E-state index contributed by atoms with van der Waals surface area (Å²) >= 11 is 0. The number of carboxylic acids is 1. The molecule has 2 N–H and O–H groups in total. The van der Waals surface area contributed by atoms with Crippen LogP contribution in [0.5, 0.6) is 0 Å². The van der Waals surface area contributed by atoms with E-state index in [2.05, 4.69) is 27.0 Å². The number of carbonyl (C=O) groups is 1. The maximum atomic E-state index is 10.9. The van der Waals surface area contributed by atoms with Crippen molar-refractivity contribution in [3.8, 4) is 0 Å². The van der Waals surface area contributed by atoms with Gasteiger partial charge in [-0.15, -0.1) is 10.2 Å². The zero-order chi connectivity index (χ0) is 16.9. The first kappa shape index (κ1) is 16.6. The number of benzene rings is 1. The number of rotatable bonds is 6. The predicted octanol–water partition coefficient (Wildman–Crippen LogP) is 2.94. The van der Waals surface area contributed by atoms with Gasteiger partial charge in [0.05, 0.1) is 11.6 Å². The highest BCUT2D eigenvalue weighted by Gasteiger charge is 2.20. The Morgan fingerprint density at radius 2 is 2.04 bits per heavy atom. The minimum absolute atomic E-state index is 0.156. The van der Waals surface area contributed by atoms with E-state index in [1.807, 2.05) is 12.1 Å². The molecular weight excluding hydrogens is 304 g/mol. The second-order valence-corrected chi connectivity index (χ2v) is 6.28. The zero-order valence-corrected chi connectivity index (χ0v) is 14.0. The van der Waals surface area contributed by atoms with Crippen molar-refractivity contribution in [3.05, 3.63) is 47.0 Å². The van der Waals surface area contributed by atoms with E-state index in [4.69, 9.17) is 5.11 Å². The molecule has 1 aliphatic heterocycles. The Hall–Kier alpha value is -2.21. The number of fused-ring (bicyclic) bond motifs is 1. The molecule has 3 rings (SSSR count). The molecule has 6 heteroatoms. The largest absolute Gasteiger partial charge is 0.478 e. The number of nitrogens with one attached hydrogen (secondary N) is 1. The summed E-state index contributed by atoms with van der Waals surface area (Å²) in [5, 5.41) is 21.3. The van der Waals surface area contributed by atoms with E-state index in [1.165, 1.54) is 19.3 Å². The van der Waals surface area contributed by atoms with Gasteiger partial charge in [-0.2, -0.15) is 0 Å². The van der Waals surface area contributed by atoms with Crippen LogP contribution >= 0.6 is 0 Å². The van der Waals surface area contributed by atoms with Gasteiger partial charge in [-0.3, -0.25) is 0 Å². The molecular formula is C18H24N4O2. The van der Waals surface area contributed by atoms with Crippen molar-refractivity contribution in [2.45, 2.75) is 58.2 Å². The minimum atomic E-state index is -0.896. The molecule has 0 spiro atoms. The van der Waals surface area contributed by atoms with Crippen LogP contribution < -0.4 is 5.32 Å². The highest BCUT2D eigenvalue weighted by Crippen LogP contribution is 2.21. The van der Waals surface area contributed by atoms with Gasteiger partial charge in [0.25, 0.3) is 0 Å². The molecule has 0 saturated heterocycles. The maximum Gasteiger partial charge on any atom is 0.335 e. The number of hydrogen-bond donors (Lipinski definition) is 2. The van der Waals surface area contributed by atoms with E-state index in [-0.39, 0.29) is 6.04 Å². The first-order valence-electron chi connectivity index (χ1n) is 8.66. The number of carboxylic acid groups (broad SMARTS) is 1. The zero-order valence-electron chi connectivity index (χ0n) is 14.0. The fourth-order valence-electron chi connectivity index (χ4n) is 3.19. The van der Waals surface area contributed by atoms with Gasteiger partial charge in [-0.1, -0.05) is 25.5 Å². The van der Waals surface area contributed by atoms with Gasteiger partial charge in [0.15, 0.2) is 0 Å². The Kier molecular flexibility index (Phi) is 5.25. The van der Waals surface area contributed by atoms with Crippen LogP contribution in [-0.2, 0) is 19.5 Å². The summed E-state index contributed by atoms with van der Waals surface area (Å²) in [7, 11) is 0. The molecule has 0 saturated carbocycles. The molecule has 0 fully saturated rings. The Morgan fingerprint density at radius 3 is 2.75 bits per heavy atom. The van der Waals surface area contributed by atoms with E-state index in [0.717, 1.165) is 36.6 Å². The quantitative estimate of drug-likeness (QED) is 0.852. The van der Waals surface area contributed by atoms with Crippen molar-refractivity contribution in [3.63, 3.8) is 0 Å². The van der Waals surface area contributed by atoms with Crippen LogP contribution in [0.15, 0.2) is 24.3 Å². The summed E-state index contributed by atoms with van der Waals surface area (Å²) in [6.45, 7) is 3.83.